The van der Waals surface area contributed by atoms with Crippen LogP contribution in [0.25, 0.3) is 10.8 Å². The Balaban J connectivity index is 1.12. The zero-order valence-electron chi connectivity index (χ0n) is 18.3. The highest BCUT2D eigenvalue weighted by Gasteiger charge is 2.33. The fraction of sp³-hybridized carbons (Fsp3) is 0.385. The Kier molecular flexibility index (Phi) is 5.95. The summed E-state index contributed by atoms with van der Waals surface area (Å²) in [5.74, 6) is -0.0719. The average Bonchev–Trinajstić information content (AvgIpc) is 3.38. The SMILES string of the molecule is O=C(c1ccoc1)N1CCN(C2CCN(CCc3cccc4ccccc34)CC2)C(=O)C1. The second kappa shape index (κ2) is 9.17. The number of hydrogen-bond donors (Lipinski definition) is 0. The van der Waals surface area contributed by atoms with Gasteiger partial charge in [0.05, 0.1) is 11.8 Å². The Morgan fingerprint density at radius 2 is 1.78 bits per heavy atom. The number of benzene rings is 2. The molecule has 0 bridgehead atoms. The number of fused-ring (bicyclic) bond motifs is 1. The van der Waals surface area contributed by atoms with Gasteiger partial charge in [-0.15, -0.1) is 0 Å². The van der Waals surface area contributed by atoms with Crippen LogP contribution < -0.4 is 0 Å². The summed E-state index contributed by atoms with van der Waals surface area (Å²) in [6.07, 6.45) is 5.96. The second-order valence-corrected chi connectivity index (χ2v) is 8.79. The molecular formula is C26H29N3O3. The van der Waals surface area contributed by atoms with Crippen molar-refractivity contribution in [1.82, 2.24) is 14.7 Å². The number of nitrogens with zero attached hydrogens (tertiary/aromatic N) is 3. The van der Waals surface area contributed by atoms with E-state index in [0.717, 1.165) is 38.9 Å². The Labute approximate surface area is 188 Å². The summed E-state index contributed by atoms with van der Waals surface area (Å²) >= 11 is 0. The highest BCUT2D eigenvalue weighted by molar-refractivity contribution is 5.96. The Bertz CT molecular complexity index is 1080. The number of piperidine rings is 1. The molecule has 2 amide bonds. The molecule has 32 heavy (non-hydrogen) atoms. The Hall–Kier alpha value is -3.12. The largest absolute Gasteiger partial charge is 0.472 e. The summed E-state index contributed by atoms with van der Waals surface area (Å²) in [5.41, 5.74) is 1.91. The van der Waals surface area contributed by atoms with Gasteiger partial charge in [-0.3, -0.25) is 9.59 Å². The monoisotopic (exact) mass is 431 g/mol. The molecule has 0 aliphatic carbocycles. The van der Waals surface area contributed by atoms with E-state index in [1.165, 1.54) is 28.9 Å². The van der Waals surface area contributed by atoms with Crippen molar-refractivity contribution in [2.75, 3.05) is 39.3 Å². The predicted molar refractivity (Wildman–Crippen MR) is 123 cm³/mol. The third kappa shape index (κ3) is 4.28. The number of carbonyl (C=O) groups is 2. The normalized spacial score (nSPS) is 18.4. The first kappa shape index (κ1) is 20.8. The maximum absolute atomic E-state index is 12.8. The number of piperazine rings is 1. The van der Waals surface area contributed by atoms with Crippen LogP contribution in [0.2, 0.25) is 0 Å². The van der Waals surface area contributed by atoms with Crippen LogP contribution in [-0.2, 0) is 11.2 Å². The first-order valence-electron chi connectivity index (χ1n) is 11.5. The summed E-state index contributed by atoms with van der Waals surface area (Å²) in [4.78, 5) is 31.4. The van der Waals surface area contributed by atoms with Gasteiger partial charge in [-0.05, 0) is 41.7 Å². The molecular weight excluding hydrogens is 402 g/mol. The molecule has 0 atom stereocenters. The third-order valence-electron chi connectivity index (χ3n) is 6.89. The maximum atomic E-state index is 12.8. The number of likely N-dealkylation sites (tertiary alicyclic amines) is 1. The molecule has 2 saturated heterocycles. The van der Waals surface area contributed by atoms with Gasteiger partial charge in [-0.1, -0.05) is 42.5 Å². The van der Waals surface area contributed by atoms with E-state index in [1.807, 2.05) is 4.90 Å². The van der Waals surface area contributed by atoms with Crippen molar-refractivity contribution >= 4 is 22.6 Å². The highest BCUT2D eigenvalue weighted by Crippen LogP contribution is 2.22. The van der Waals surface area contributed by atoms with Gasteiger partial charge < -0.3 is 19.1 Å². The minimum Gasteiger partial charge on any atom is -0.472 e. The standard InChI is InChI=1S/C26H29N3O3/c30-25-18-28(26(31)22-11-17-32-19-22)15-16-29(25)23-9-13-27(14-10-23)12-8-21-6-3-5-20-4-1-2-7-24(20)21/h1-7,11,17,19,23H,8-10,12-16,18H2. The molecule has 166 valence electrons. The molecule has 0 saturated carbocycles. The molecule has 0 N–H and O–H groups in total. The van der Waals surface area contributed by atoms with Crippen LogP contribution in [0.5, 0.6) is 0 Å². The zero-order chi connectivity index (χ0) is 21.9. The molecule has 5 rings (SSSR count). The number of rotatable bonds is 5. The molecule has 3 heterocycles. The van der Waals surface area contributed by atoms with Crippen molar-refractivity contribution in [3.8, 4) is 0 Å². The van der Waals surface area contributed by atoms with E-state index >= 15 is 0 Å². The lowest BCUT2D eigenvalue weighted by atomic mass is 9.99. The lowest BCUT2D eigenvalue weighted by Crippen LogP contribution is -2.57. The van der Waals surface area contributed by atoms with Crippen molar-refractivity contribution in [3.05, 3.63) is 72.2 Å². The molecule has 2 aliphatic heterocycles. The second-order valence-electron chi connectivity index (χ2n) is 8.79. The number of furan rings is 1. The van der Waals surface area contributed by atoms with Crippen LogP contribution in [0.3, 0.4) is 0 Å². The van der Waals surface area contributed by atoms with Gasteiger partial charge in [0.1, 0.15) is 12.8 Å². The fourth-order valence-electron chi connectivity index (χ4n) is 5.06. The summed E-state index contributed by atoms with van der Waals surface area (Å²) in [5, 5.41) is 2.64. The number of amides is 2. The third-order valence-corrected chi connectivity index (χ3v) is 6.89. The first-order valence-corrected chi connectivity index (χ1v) is 11.5. The van der Waals surface area contributed by atoms with Crippen molar-refractivity contribution in [3.63, 3.8) is 0 Å². The number of hydrogen-bond acceptors (Lipinski definition) is 4. The van der Waals surface area contributed by atoms with E-state index in [1.54, 1.807) is 11.0 Å². The van der Waals surface area contributed by atoms with E-state index in [0.29, 0.717) is 18.7 Å². The fourth-order valence-corrected chi connectivity index (χ4v) is 5.06. The van der Waals surface area contributed by atoms with Gasteiger partial charge in [0, 0.05) is 38.8 Å². The summed E-state index contributed by atoms with van der Waals surface area (Å²) in [6, 6.07) is 17.1. The minimum absolute atomic E-state index is 0.0577. The summed E-state index contributed by atoms with van der Waals surface area (Å²) in [6.45, 7) is 4.42. The van der Waals surface area contributed by atoms with Crippen molar-refractivity contribution in [1.29, 1.82) is 0 Å². The van der Waals surface area contributed by atoms with Gasteiger partial charge in [-0.25, -0.2) is 0 Å². The maximum Gasteiger partial charge on any atom is 0.257 e. The van der Waals surface area contributed by atoms with E-state index in [4.69, 9.17) is 4.42 Å². The molecule has 2 fully saturated rings. The molecule has 2 aliphatic rings. The van der Waals surface area contributed by atoms with Crippen LogP contribution >= 0.6 is 0 Å². The van der Waals surface area contributed by atoms with Gasteiger partial charge in [0.15, 0.2) is 0 Å². The van der Waals surface area contributed by atoms with E-state index < -0.39 is 0 Å². The molecule has 6 heteroatoms. The van der Waals surface area contributed by atoms with Crippen LogP contribution in [0.15, 0.2) is 65.5 Å². The van der Waals surface area contributed by atoms with Crippen LogP contribution in [0.4, 0.5) is 0 Å². The molecule has 1 aromatic heterocycles. The van der Waals surface area contributed by atoms with E-state index in [2.05, 4.69) is 47.4 Å². The van der Waals surface area contributed by atoms with Gasteiger partial charge in [-0.2, -0.15) is 0 Å². The van der Waals surface area contributed by atoms with E-state index in [9.17, 15) is 9.59 Å². The highest BCUT2D eigenvalue weighted by atomic mass is 16.3. The lowest BCUT2D eigenvalue weighted by molar-refractivity contribution is -0.138. The number of carbonyl (C=O) groups excluding carboxylic acids is 2. The quantitative estimate of drug-likeness (QED) is 0.621. The van der Waals surface area contributed by atoms with Crippen molar-refractivity contribution < 1.29 is 14.0 Å². The van der Waals surface area contributed by atoms with Crippen LogP contribution in [0, 0.1) is 0 Å². The molecule has 6 nitrogen and oxygen atoms in total. The smallest absolute Gasteiger partial charge is 0.257 e. The zero-order valence-corrected chi connectivity index (χ0v) is 18.3. The lowest BCUT2D eigenvalue weighted by Gasteiger charge is -2.42. The Morgan fingerprint density at radius 1 is 0.969 bits per heavy atom. The molecule has 2 aromatic carbocycles. The Morgan fingerprint density at radius 3 is 2.56 bits per heavy atom. The molecule has 0 spiro atoms. The topological polar surface area (TPSA) is 57.0 Å². The van der Waals surface area contributed by atoms with Crippen molar-refractivity contribution in [2.45, 2.75) is 25.3 Å². The summed E-state index contributed by atoms with van der Waals surface area (Å²) in [7, 11) is 0. The van der Waals surface area contributed by atoms with Gasteiger partial charge in [0.2, 0.25) is 5.91 Å². The van der Waals surface area contributed by atoms with Gasteiger partial charge >= 0.3 is 0 Å². The van der Waals surface area contributed by atoms with E-state index in [-0.39, 0.29) is 24.4 Å². The van der Waals surface area contributed by atoms with Crippen LogP contribution in [-0.4, -0.2) is 71.8 Å². The average molecular weight is 432 g/mol. The molecule has 0 unspecified atom stereocenters. The minimum atomic E-state index is -0.130. The van der Waals surface area contributed by atoms with Gasteiger partial charge in [0.25, 0.3) is 5.91 Å². The molecule has 3 aromatic rings. The predicted octanol–water partition coefficient (Wildman–Crippen LogP) is 3.42. The molecule has 0 radical (unpaired) electrons. The van der Waals surface area contributed by atoms with Crippen LogP contribution in [0.1, 0.15) is 28.8 Å². The summed E-state index contributed by atoms with van der Waals surface area (Å²) < 4.78 is 5.00. The first-order chi connectivity index (χ1) is 15.7. The van der Waals surface area contributed by atoms with Crippen molar-refractivity contribution in [2.24, 2.45) is 0 Å².